The highest BCUT2D eigenvalue weighted by Gasteiger charge is 2.37. The van der Waals surface area contributed by atoms with Gasteiger partial charge in [0.25, 0.3) is 11.1 Å². The smallest absolute Gasteiger partial charge is 0.293 e. The van der Waals surface area contributed by atoms with Gasteiger partial charge in [-0.25, -0.2) is 0 Å². The number of aryl methyl sites for hydroxylation is 1. The lowest BCUT2D eigenvalue weighted by Gasteiger charge is -2.45. The minimum atomic E-state index is -0.182. The molecule has 0 aliphatic carbocycles. The Kier molecular flexibility index (Phi) is 4.72. The van der Waals surface area contributed by atoms with Crippen LogP contribution in [-0.2, 0) is 4.79 Å². The first-order valence-corrected chi connectivity index (χ1v) is 10.00. The van der Waals surface area contributed by atoms with E-state index in [1.54, 1.807) is 0 Å². The summed E-state index contributed by atoms with van der Waals surface area (Å²) in [5.41, 5.74) is 4.85. The third-order valence-electron chi connectivity index (χ3n) is 5.65. The average molecular weight is 373 g/mol. The topological polar surface area (TPSA) is 40.6 Å². The zero-order chi connectivity index (χ0) is 19.4. The van der Waals surface area contributed by atoms with Crippen LogP contribution >= 0.6 is 11.8 Å². The highest BCUT2D eigenvalue weighted by Crippen LogP contribution is 2.44. The number of hydrogen-bond donors (Lipinski definition) is 0. The second-order valence-corrected chi connectivity index (χ2v) is 9.38. The van der Waals surface area contributed by atoms with Crippen molar-refractivity contribution in [1.29, 1.82) is 0 Å². The number of amides is 2. The summed E-state index contributed by atoms with van der Waals surface area (Å²) in [5.74, 6) is 0.271. The zero-order valence-electron chi connectivity index (χ0n) is 16.7. The molecule has 3 rings (SSSR count). The molecule has 5 heteroatoms. The van der Waals surface area contributed by atoms with Gasteiger partial charge in [-0.3, -0.25) is 14.5 Å². The molecular formula is C21H28N2O2S. The van der Waals surface area contributed by atoms with Crippen LogP contribution in [0.2, 0.25) is 0 Å². The van der Waals surface area contributed by atoms with Crippen molar-refractivity contribution < 1.29 is 9.59 Å². The van der Waals surface area contributed by atoms with Crippen LogP contribution in [0.3, 0.4) is 0 Å². The predicted molar refractivity (Wildman–Crippen MR) is 110 cm³/mol. The number of thioether (sulfide) groups is 1. The quantitative estimate of drug-likeness (QED) is 0.672. The summed E-state index contributed by atoms with van der Waals surface area (Å²) in [6.07, 6.45) is 2.97. The molecule has 4 nitrogen and oxygen atoms in total. The van der Waals surface area contributed by atoms with Crippen LogP contribution in [0, 0.1) is 6.92 Å². The molecule has 1 fully saturated rings. The minimum Gasteiger partial charge on any atom is -0.369 e. The standard InChI is InChI=1S/C21H28N2O2S/c1-12(2)23-19(24)18(26-20(23)25)10-15-9-16-14(4)11-21(5,6)22(7)17(16)8-13(15)3/h8-10,12,14H,11H2,1-7H3/b18-10+. The van der Waals surface area contributed by atoms with E-state index < -0.39 is 0 Å². The number of carbonyl (C=O) groups excluding carboxylic acids is 2. The lowest BCUT2D eigenvalue weighted by atomic mass is 9.79. The number of benzene rings is 1. The summed E-state index contributed by atoms with van der Waals surface area (Å²) in [5, 5.41) is -0.179. The van der Waals surface area contributed by atoms with Crippen LogP contribution in [0.5, 0.6) is 0 Å². The van der Waals surface area contributed by atoms with E-state index in [0.717, 1.165) is 29.3 Å². The number of anilines is 1. The van der Waals surface area contributed by atoms with Gasteiger partial charge in [-0.05, 0) is 93.6 Å². The number of nitrogens with zero attached hydrogens (tertiary/aromatic N) is 2. The lowest BCUT2D eigenvalue weighted by molar-refractivity contribution is -0.123. The van der Waals surface area contributed by atoms with Gasteiger partial charge in [0.05, 0.1) is 4.91 Å². The van der Waals surface area contributed by atoms with Crippen molar-refractivity contribution in [2.24, 2.45) is 0 Å². The molecule has 2 aliphatic heterocycles. The third-order valence-corrected chi connectivity index (χ3v) is 6.53. The second kappa shape index (κ2) is 6.45. The van der Waals surface area contributed by atoms with Crippen LogP contribution in [0.15, 0.2) is 17.0 Å². The average Bonchev–Trinajstić information content (AvgIpc) is 2.80. The van der Waals surface area contributed by atoms with Crippen molar-refractivity contribution in [2.45, 2.75) is 65.5 Å². The van der Waals surface area contributed by atoms with E-state index in [-0.39, 0.29) is 22.7 Å². The van der Waals surface area contributed by atoms with Crippen molar-refractivity contribution >= 4 is 34.7 Å². The van der Waals surface area contributed by atoms with Gasteiger partial charge in [-0.15, -0.1) is 0 Å². The molecule has 0 spiro atoms. The van der Waals surface area contributed by atoms with Crippen molar-refractivity contribution in [3.8, 4) is 0 Å². The summed E-state index contributed by atoms with van der Waals surface area (Å²) in [7, 11) is 2.15. The SMILES string of the molecule is Cc1cc2c(cc1/C=C1/SC(=O)N(C(C)C)C1=O)C(C)CC(C)(C)N2C. The van der Waals surface area contributed by atoms with Gasteiger partial charge in [0, 0.05) is 24.3 Å². The largest absolute Gasteiger partial charge is 0.369 e. The van der Waals surface area contributed by atoms with Crippen molar-refractivity contribution in [3.63, 3.8) is 0 Å². The number of imide groups is 1. The first kappa shape index (κ1) is 19.0. The molecule has 0 bridgehead atoms. The molecule has 140 valence electrons. The van der Waals surface area contributed by atoms with Gasteiger partial charge in [0.2, 0.25) is 0 Å². The molecule has 0 N–H and O–H groups in total. The number of rotatable bonds is 2. The summed E-state index contributed by atoms with van der Waals surface area (Å²) in [6.45, 7) is 12.6. The number of hydrogen-bond acceptors (Lipinski definition) is 4. The molecule has 26 heavy (non-hydrogen) atoms. The van der Waals surface area contributed by atoms with Crippen molar-refractivity contribution in [3.05, 3.63) is 33.7 Å². The Labute approximate surface area is 160 Å². The molecule has 2 aliphatic rings. The zero-order valence-corrected chi connectivity index (χ0v) is 17.5. The lowest BCUT2D eigenvalue weighted by Crippen LogP contribution is -2.45. The highest BCUT2D eigenvalue weighted by atomic mass is 32.2. The number of fused-ring (bicyclic) bond motifs is 1. The van der Waals surface area contributed by atoms with Crippen molar-refractivity contribution in [2.75, 3.05) is 11.9 Å². The molecule has 0 aromatic heterocycles. The van der Waals surface area contributed by atoms with Crippen LogP contribution in [0.1, 0.15) is 63.6 Å². The second-order valence-electron chi connectivity index (χ2n) is 8.39. The molecule has 1 aromatic carbocycles. The molecule has 1 unspecified atom stereocenters. The fourth-order valence-corrected chi connectivity index (χ4v) is 4.91. The Morgan fingerprint density at radius 1 is 1.27 bits per heavy atom. The van der Waals surface area contributed by atoms with E-state index in [1.165, 1.54) is 16.2 Å². The third kappa shape index (κ3) is 3.07. The number of carbonyl (C=O) groups is 2. The van der Waals surface area contributed by atoms with Crippen LogP contribution < -0.4 is 4.90 Å². The van der Waals surface area contributed by atoms with Gasteiger partial charge in [-0.2, -0.15) is 0 Å². The van der Waals surface area contributed by atoms with E-state index in [1.807, 2.05) is 19.9 Å². The minimum absolute atomic E-state index is 0.117. The normalized spacial score (nSPS) is 24.0. The first-order valence-electron chi connectivity index (χ1n) is 9.18. The van der Waals surface area contributed by atoms with Gasteiger partial charge in [0.1, 0.15) is 0 Å². The van der Waals surface area contributed by atoms with Crippen LogP contribution in [-0.4, -0.2) is 34.7 Å². The Morgan fingerprint density at radius 3 is 2.50 bits per heavy atom. The summed E-state index contributed by atoms with van der Waals surface area (Å²) in [6, 6.07) is 4.30. The van der Waals surface area contributed by atoms with Gasteiger partial charge < -0.3 is 4.90 Å². The molecule has 2 heterocycles. The van der Waals surface area contributed by atoms with Crippen LogP contribution in [0.25, 0.3) is 6.08 Å². The molecule has 0 radical (unpaired) electrons. The fraction of sp³-hybridized carbons (Fsp3) is 0.524. The van der Waals surface area contributed by atoms with Gasteiger partial charge in [0.15, 0.2) is 0 Å². The molecule has 1 saturated heterocycles. The predicted octanol–water partition coefficient (Wildman–Crippen LogP) is 5.16. The maximum absolute atomic E-state index is 12.6. The molecule has 0 saturated carbocycles. The maximum Gasteiger partial charge on any atom is 0.293 e. The Hall–Kier alpha value is -1.75. The summed E-state index contributed by atoms with van der Waals surface area (Å²) < 4.78 is 0. The van der Waals surface area contributed by atoms with E-state index >= 15 is 0 Å². The fourth-order valence-electron chi connectivity index (χ4n) is 3.96. The first-order chi connectivity index (χ1) is 12.0. The maximum atomic E-state index is 12.6. The van der Waals surface area contributed by atoms with E-state index in [4.69, 9.17) is 0 Å². The highest BCUT2D eigenvalue weighted by molar-refractivity contribution is 8.18. The molecule has 1 aromatic rings. The Morgan fingerprint density at radius 2 is 1.92 bits per heavy atom. The summed E-state index contributed by atoms with van der Waals surface area (Å²) >= 11 is 1.04. The molecule has 2 amide bonds. The van der Waals surface area contributed by atoms with E-state index in [2.05, 4.69) is 51.8 Å². The Balaban J connectivity index is 2.03. The molecule has 1 atom stereocenters. The van der Waals surface area contributed by atoms with Crippen molar-refractivity contribution in [1.82, 2.24) is 4.90 Å². The van der Waals surface area contributed by atoms with Gasteiger partial charge in [-0.1, -0.05) is 6.92 Å². The monoisotopic (exact) mass is 372 g/mol. The van der Waals surface area contributed by atoms with Crippen LogP contribution in [0.4, 0.5) is 10.5 Å². The Bertz CT molecular complexity index is 810. The summed E-state index contributed by atoms with van der Waals surface area (Å²) in [4.78, 5) is 28.9. The molecular weight excluding hydrogens is 344 g/mol. The van der Waals surface area contributed by atoms with E-state index in [9.17, 15) is 9.59 Å². The van der Waals surface area contributed by atoms with Gasteiger partial charge >= 0.3 is 0 Å². The van der Waals surface area contributed by atoms with E-state index in [0.29, 0.717) is 10.8 Å².